The molecule has 2 aromatic heterocycles. The van der Waals surface area contributed by atoms with Gasteiger partial charge in [0.2, 0.25) is 5.78 Å². The van der Waals surface area contributed by atoms with E-state index in [4.69, 9.17) is 0 Å². The van der Waals surface area contributed by atoms with Gasteiger partial charge in [0.25, 0.3) is 10.0 Å². The number of hydrogen-bond acceptors (Lipinski definition) is 4. The molecule has 0 aliphatic rings. The van der Waals surface area contributed by atoms with Crippen LogP contribution in [0.15, 0.2) is 41.7 Å². The lowest BCUT2D eigenvalue weighted by molar-refractivity contribution is 0.588. The van der Waals surface area contributed by atoms with Crippen LogP contribution in [0, 0.1) is 13.8 Å². The van der Waals surface area contributed by atoms with Crippen LogP contribution < -0.4 is 0 Å². The van der Waals surface area contributed by atoms with Crippen molar-refractivity contribution in [1.29, 1.82) is 0 Å². The molecule has 0 spiro atoms. The van der Waals surface area contributed by atoms with Crippen molar-refractivity contribution < 1.29 is 8.42 Å². The molecule has 98 valence electrons. The Bertz CT molecular complexity index is 844. The molecule has 0 amide bonds. The van der Waals surface area contributed by atoms with E-state index in [0.717, 1.165) is 15.2 Å². The third kappa shape index (κ3) is 1.74. The molecule has 3 rings (SSSR count). The summed E-state index contributed by atoms with van der Waals surface area (Å²) >= 11 is 0. The highest BCUT2D eigenvalue weighted by Gasteiger charge is 2.21. The van der Waals surface area contributed by atoms with Crippen molar-refractivity contribution in [2.75, 3.05) is 0 Å². The molecule has 3 aromatic rings. The highest BCUT2D eigenvalue weighted by Crippen LogP contribution is 2.18. The Labute approximate surface area is 110 Å². The lowest BCUT2D eigenvalue weighted by atomic mass is 10.2. The van der Waals surface area contributed by atoms with Crippen molar-refractivity contribution in [2.24, 2.45) is 0 Å². The summed E-state index contributed by atoms with van der Waals surface area (Å²) < 4.78 is 27.9. The molecule has 0 N–H and O–H groups in total. The molecule has 0 unspecified atom stereocenters. The van der Waals surface area contributed by atoms with Gasteiger partial charge >= 0.3 is 0 Å². The molecule has 19 heavy (non-hydrogen) atoms. The van der Waals surface area contributed by atoms with Crippen LogP contribution in [0.2, 0.25) is 0 Å². The predicted molar refractivity (Wildman–Crippen MR) is 69.5 cm³/mol. The first-order chi connectivity index (χ1) is 9.00. The third-order valence-electron chi connectivity index (χ3n) is 2.99. The zero-order valence-corrected chi connectivity index (χ0v) is 11.3. The quantitative estimate of drug-likeness (QED) is 0.709. The van der Waals surface area contributed by atoms with Crippen LogP contribution in [0.25, 0.3) is 5.78 Å². The van der Waals surface area contributed by atoms with Crippen LogP contribution in [0.3, 0.4) is 0 Å². The molecule has 0 saturated heterocycles. The van der Waals surface area contributed by atoms with E-state index in [1.165, 1.54) is 6.33 Å². The van der Waals surface area contributed by atoms with Gasteiger partial charge in [-0.25, -0.2) is 12.4 Å². The standard InChI is InChI=1S/C12H12N4O2S/c1-9-3-5-11(6-4-9)19(17,18)16-7-10(2)15-8-13-14-12(15)16/h3-8H,1-2H3. The Morgan fingerprint density at radius 2 is 1.79 bits per heavy atom. The Balaban J connectivity index is 2.25. The maximum absolute atomic E-state index is 12.6. The summed E-state index contributed by atoms with van der Waals surface area (Å²) in [4.78, 5) is 0.235. The number of imidazole rings is 1. The van der Waals surface area contributed by atoms with E-state index >= 15 is 0 Å². The van der Waals surface area contributed by atoms with E-state index < -0.39 is 10.0 Å². The SMILES string of the molecule is Cc1ccc(S(=O)(=O)n2cc(C)n3cnnc23)cc1. The molecule has 2 heterocycles. The lowest BCUT2D eigenvalue weighted by Crippen LogP contribution is -2.12. The third-order valence-corrected chi connectivity index (χ3v) is 4.64. The first-order valence-corrected chi connectivity index (χ1v) is 7.14. The molecule has 0 bridgehead atoms. The molecule has 7 heteroatoms. The first-order valence-electron chi connectivity index (χ1n) is 5.70. The van der Waals surface area contributed by atoms with Crippen LogP contribution in [-0.4, -0.2) is 27.0 Å². The molecule has 0 saturated carbocycles. The van der Waals surface area contributed by atoms with Gasteiger partial charge in [-0.1, -0.05) is 17.7 Å². The van der Waals surface area contributed by atoms with E-state index in [1.807, 2.05) is 6.92 Å². The van der Waals surface area contributed by atoms with Gasteiger partial charge in [0.05, 0.1) is 4.90 Å². The van der Waals surface area contributed by atoms with Gasteiger partial charge in [-0.3, -0.25) is 4.40 Å². The molecule has 0 aliphatic carbocycles. The van der Waals surface area contributed by atoms with Crippen molar-refractivity contribution in [3.63, 3.8) is 0 Å². The highest BCUT2D eigenvalue weighted by atomic mass is 32.2. The monoisotopic (exact) mass is 276 g/mol. The average molecular weight is 276 g/mol. The summed E-state index contributed by atoms with van der Waals surface area (Å²) in [5, 5.41) is 7.58. The maximum atomic E-state index is 12.6. The fraction of sp³-hybridized carbons (Fsp3) is 0.167. The van der Waals surface area contributed by atoms with Gasteiger partial charge in [-0.05, 0) is 26.0 Å². The van der Waals surface area contributed by atoms with E-state index in [2.05, 4.69) is 10.2 Å². The summed E-state index contributed by atoms with van der Waals surface area (Å²) in [7, 11) is -3.64. The first kappa shape index (κ1) is 11.9. The molecule has 0 radical (unpaired) electrons. The number of benzene rings is 1. The average Bonchev–Trinajstić information content (AvgIpc) is 2.94. The normalized spacial score (nSPS) is 12.1. The Kier molecular flexibility index (Phi) is 2.46. The van der Waals surface area contributed by atoms with Gasteiger partial charge in [0.1, 0.15) is 6.33 Å². The number of nitrogens with zero attached hydrogens (tertiary/aromatic N) is 4. The highest BCUT2D eigenvalue weighted by molar-refractivity contribution is 7.90. The zero-order chi connectivity index (χ0) is 13.6. The Hall–Kier alpha value is -2.15. The van der Waals surface area contributed by atoms with Gasteiger partial charge in [-0.2, -0.15) is 0 Å². The largest absolute Gasteiger partial charge is 0.270 e. The number of hydrogen-bond donors (Lipinski definition) is 0. The second-order valence-electron chi connectivity index (χ2n) is 4.39. The van der Waals surface area contributed by atoms with Crippen molar-refractivity contribution in [3.8, 4) is 0 Å². The van der Waals surface area contributed by atoms with Crippen molar-refractivity contribution in [3.05, 3.63) is 48.0 Å². The maximum Gasteiger partial charge on any atom is 0.270 e. The van der Waals surface area contributed by atoms with Crippen LogP contribution in [0.1, 0.15) is 11.3 Å². The molecular weight excluding hydrogens is 264 g/mol. The molecule has 0 fully saturated rings. The molecule has 6 nitrogen and oxygen atoms in total. The number of aromatic nitrogens is 4. The van der Waals surface area contributed by atoms with Crippen LogP contribution in [0.5, 0.6) is 0 Å². The Morgan fingerprint density at radius 3 is 2.47 bits per heavy atom. The fourth-order valence-corrected chi connectivity index (χ4v) is 3.26. The summed E-state index contributed by atoms with van der Waals surface area (Å²) in [5.74, 6) is 0.290. The molecule has 0 aliphatic heterocycles. The second kappa shape index (κ2) is 3.92. The Morgan fingerprint density at radius 1 is 1.11 bits per heavy atom. The second-order valence-corrected chi connectivity index (χ2v) is 6.20. The summed E-state index contributed by atoms with van der Waals surface area (Å²) in [6, 6.07) is 6.72. The summed E-state index contributed by atoms with van der Waals surface area (Å²) in [6.45, 7) is 3.71. The summed E-state index contributed by atoms with van der Waals surface area (Å²) in [5.41, 5.74) is 1.77. The number of fused-ring (bicyclic) bond motifs is 1. The molecule has 1 aromatic carbocycles. The predicted octanol–water partition coefficient (Wildman–Crippen LogP) is 1.38. The lowest BCUT2D eigenvalue weighted by Gasteiger charge is -2.05. The zero-order valence-electron chi connectivity index (χ0n) is 10.5. The minimum atomic E-state index is -3.64. The topological polar surface area (TPSA) is 69.3 Å². The van der Waals surface area contributed by atoms with E-state index in [0.29, 0.717) is 0 Å². The van der Waals surface area contributed by atoms with Gasteiger partial charge in [0, 0.05) is 11.9 Å². The van der Waals surface area contributed by atoms with E-state index in [-0.39, 0.29) is 10.7 Å². The van der Waals surface area contributed by atoms with Crippen LogP contribution in [-0.2, 0) is 10.0 Å². The van der Waals surface area contributed by atoms with Gasteiger partial charge in [0.15, 0.2) is 0 Å². The smallest absolute Gasteiger partial charge is 0.269 e. The summed E-state index contributed by atoms with van der Waals surface area (Å²) in [6.07, 6.45) is 3.03. The van der Waals surface area contributed by atoms with Crippen molar-refractivity contribution >= 4 is 15.8 Å². The minimum Gasteiger partial charge on any atom is -0.269 e. The van der Waals surface area contributed by atoms with Gasteiger partial charge in [-0.15, -0.1) is 10.2 Å². The number of rotatable bonds is 2. The van der Waals surface area contributed by atoms with Crippen LogP contribution >= 0.6 is 0 Å². The molecular formula is C12H12N4O2S. The van der Waals surface area contributed by atoms with Crippen LogP contribution in [0.4, 0.5) is 0 Å². The number of aryl methyl sites for hydroxylation is 2. The molecule has 0 atom stereocenters. The van der Waals surface area contributed by atoms with E-state index in [9.17, 15) is 8.42 Å². The van der Waals surface area contributed by atoms with Crippen molar-refractivity contribution in [1.82, 2.24) is 18.6 Å². The van der Waals surface area contributed by atoms with Crippen molar-refractivity contribution in [2.45, 2.75) is 18.7 Å². The van der Waals surface area contributed by atoms with E-state index in [1.54, 1.807) is 41.8 Å². The van der Waals surface area contributed by atoms with Gasteiger partial charge < -0.3 is 0 Å². The fourth-order valence-electron chi connectivity index (χ4n) is 1.92. The minimum absolute atomic E-state index is 0.235.